The average molecular weight is 342 g/mol. The lowest BCUT2D eigenvalue weighted by molar-refractivity contribution is -0.123. The van der Waals surface area contributed by atoms with Crippen LogP contribution < -0.4 is 15.8 Å². The predicted octanol–water partition coefficient (Wildman–Crippen LogP) is 3.67. The number of nitrogens with two attached hydrogens (primary N) is 1. The van der Waals surface area contributed by atoms with Crippen molar-refractivity contribution in [3.63, 3.8) is 0 Å². The molecule has 1 aromatic rings. The van der Waals surface area contributed by atoms with Crippen LogP contribution in [0.2, 0.25) is 0 Å². The Bertz CT molecular complexity index is 619. The Morgan fingerprint density at radius 2 is 1.96 bits per heavy atom. The quantitative estimate of drug-likeness (QED) is 0.876. The first kappa shape index (κ1) is 18.4. The fourth-order valence-corrected chi connectivity index (χ4v) is 3.01. The molecule has 24 heavy (non-hydrogen) atoms. The molecule has 1 aliphatic carbocycles. The van der Waals surface area contributed by atoms with Gasteiger partial charge >= 0.3 is 6.09 Å². The highest BCUT2D eigenvalue weighted by molar-refractivity contribution is 5.87. The summed E-state index contributed by atoms with van der Waals surface area (Å²) in [5.74, 6) is -2.23. The van der Waals surface area contributed by atoms with E-state index in [2.05, 4.69) is 5.32 Å². The van der Waals surface area contributed by atoms with Crippen molar-refractivity contribution in [3.05, 3.63) is 23.8 Å². The van der Waals surface area contributed by atoms with Crippen molar-refractivity contribution in [2.75, 3.05) is 19.0 Å². The number of rotatable bonds is 4. The standard InChI is InChI=1S/C17H24F2N2O3/c1-15(2,3)24-14(22)21-13-7-11(23-4)5-6-12(13)16(10-20)8-17(18,19)9-16/h5-7H,8-10,20H2,1-4H3,(H,21,22). The summed E-state index contributed by atoms with van der Waals surface area (Å²) in [5, 5.41) is 2.64. The first-order valence-corrected chi connectivity index (χ1v) is 7.77. The number of anilines is 1. The molecule has 2 rings (SSSR count). The minimum Gasteiger partial charge on any atom is -0.497 e. The van der Waals surface area contributed by atoms with E-state index >= 15 is 0 Å². The van der Waals surface area contributed by atoms with Crippen molar-refractivity contribution in [2.45, 2.75) is 50.6 Å². The predicted molar refractivity (Wildman–Crippen MR) is 87.8 cm³/mol. The summed E-state index contributed by atoms with van der Waals surface area (Å²) in [5.41, 5.74) is 5.21. The zero-order chi connectivity index (χ0) is 18.2. The molecule has 1 saturated carbocycles. The lowest BCUT2D eigenvalue weighted by Gasteiger charge is -2.47. The van der Waals surface area contributed by atoms with Crippen LogP contribution in [-0.4, -0.2) is 31.3 Å². The summed E-state index contributed by atoms with van der Waals surface area (Å²) in [6.07, 6.45) is -1.34. The van der Waals surface area contributed by atoms with Gasteiger partial charge in [0.15, 0.2) is 0 Å². The number of ether oxygens (including phenoxy) is 2. The highest BCUT2D eigenvalue weighted by atomic mass is 19.3. The molecule has 0 aliphatic heterocycles. The van der Waals surface area contributed by atoms with Gasteiger partial charge in [0.05, 0.1) is 12.8 Å². The SMILES string of the molecule is COc1ccc(C2(CN)CC(F)(F)C2)c(NC(=O)OC(C)(C)C)c1. The zero-order valence-electron chi connectivity index (χ0n) is 14.4. The van der Waals surface area contributed by atoms with E-state index in [1.807, 2.05) is 0 Å². The third-order valence-corrected chi connectivity index (χ3v) is 4.02. The van der Waals surface area contributed by atoms with Crippen LogP contribution in [0.4, 0.5) is 19.3 Å². The van der Waals surface area contributed by atoms with E-state index in [9.17, 15) is 13.6 Å². The van der Waals surface area contributed by atoms with Crippen molar-refractivity contribution >= 4 is 11.8 Å². The van der Waals surface area contributed by atoms with E-state index in [1.54, 1.807) is 39.0 Å². The number of nitrogens with one attached hydrogen (secondary N) is 1. The summed E-state index contributed by atoms with van der Waals surface area (Å²) in [7, 11) is 1.49. The van der Waals surface area contributed by atoms with Gasteiger partial charge in [-0.05, 0) is 32.4 Å². The Kier molecular flexibility index (Phi) is 4.77. The fraction of sp³-hybridized carbons (Fsp3) is 0.588. The molecule has 0 bridgehead atoms. The van der Waals surface area contributed by atoms with Gasteiger partial charge in [0.2, 0.25) is 5.92 Å². The van der Waals surface area contributed by atoms with E-state index in [0.717, 1.165) is 0 Å². The Morgan fingerprint density at radius 1 is 1.33 bits per heavy atom. The van der Waals surface area contributed by atoms with Gasteiger partial charge in [0, 0.05) is 30.9 Å². The number of amides is 1. The normalized spacial score (nSPS) is 18.5. The maximum absolute atomic E-state index is 13.5. The Morgan fingerprint density at radius 3 is 2.42 bits per heavy atom. The number of benzene rings is 1. The van der Waals surface area contributed by atoms with Gasteiger partial charge in [-0.1, -0.05) is 6.07 Å². The molecule has 5 nitrogen and oxygen atoms in total. The molecule has 1 aliphatic rings. The molecule has 0 atom stereocenters. The van der Waals surface area contributed by atoms with Crippen molar-refractivity contribution < 1.29 is 23.0 Å². The number of carbonyl (C=O) groups is 1. The summed E-state index contributed by atoms with van der Waals surface area (Å²) in [6.45, 7) is 5.30. The molecular weight excluding hydrogens is 318 g/mol. The van der Waals surface area contributed by atoms with Gasteiger partial charge in [-0.15, -0.1) is 0 Å². The van der Waals surface area contributed by atoms with E-state index in [4.69, 9.17) is 15.2 Å². The second kappa shape index (κ2) is 6.20. The molecule has 3 N–H and O–H groups in total. The van der Waals surface area contributed by atoms with Crippen molar-refractivity contribution in [3.8, 4) is 5.75 Å². The third-order valence-electron chi connectivity index (χ3n) is 4.02. The monoisotopic (exact) mass is 342 g/mol. The molecule has 0 aromatic heterocycles. The molecule has 1 aromatic carbocycles. The van der Waals surface area contributed by atoms with Gasteiger partial charge in [-0.2, -0.15) is 0 Å². The summed E-state index contributed by atoms with van der Waals surface area (Å²) < 4.78 is 37.3. The molecule has 0 saturated heterocycles. The number of carbonyl (C=O) groups excluding carboxylic acids is 1. The Balaban J connectivity index is 2.33. The summed E-state index contributed by atoms with van der Waals surface area (Å²) >= 11 is 0. The fourth-order valence-electron chi connectivity index (χ4n) is 3.01. The molecule has 1 fully saturated rings. The van der Waals surface area contributed by atoms with Crippen LogP contribution >= 0.6 is 0 Å². The maximum atomic E-state index is 13.5. The molecule has 0 unspecified atom stereocenters. The van der Waals surface area contributed by atoms with E-state index in [1.165, 1.54) is 7.11 Å². The molecule has 0 spiro atoms. The van der Waals surface area contributed by atoms with Gasteiger partial charge in [-0.25, -0.2) is 13.6 Å². The van der Waals surface area contributed by atoms with Gasteiger partial charge in [0.1, 0.15) is 11.4 Å². The van der Waals surface area contributed by atoms with E-state index in [0.29, 0.717) is 17.0 Å². The summed E-state index contributed by atoms with van der Waals surface area (Å²) in [4.78, 5) is 12.1. The first-order chi connectivity index (χ1) is 11.0. The van der Waals surface area contributed by atoms with Crippen molar-refractivity contribution in [1.29, 1.82) is 0 Å². The molecule has 134 valence electrons. The number of methoxy groups -OCH3 is 1. The number of hydrogen-bond donors (Lipinski definition) is 2. The number of alkyl halides is 2. The minimum absolute atomic E-state index is 0.0674. The summed E-state index contributed by atoms with van der Waals surface area (Å²) in [6, 6.07) is 4.93. The van der Waals surface area contributed by atoms with Crippen LogP contribution in [0.15, 0.2) is 18.2 Å². The smallest absolute Gasteiger partial charge is 0.412 e. The van der Waals surface area contributed by atoms with E-state index < -0.39 is 23.0 Å². The lowest BCUT2D eigenvalue weighted by atomic mass is 9.61. The van der Waals surface area contributed by atoms with Crippen LogP contribution in [0.3, 0.4) is 0 Å². The van der Waals surface area contributed by atoms with E-state index in [-0.39, 0.29) is 19.4 Å². The highest BCUT2D eigenvalue weighted by Crippen LogP contribution is 2.54. The molecule has 0 heterocycles. The van der Waals surface area contributed by atoms with Gasteiger partial charge in [-0.3, -0.25) is 5.32 Å². The molecular formula is C17H24F2N2O3. The minimum atomic E-state index is -2.73. The zero-order valence-corrected chi connectivity index (χ0v) is 14.4. The average Bonchev–Trinajstić information content (AvgIpc) is 2.42. The molecule has 7 heteroatoms. The topological polar surface area (TPSA) is 73.6 Å². The van der Waals surface area contributed by atoms with Crippen LogP contribution in [0.25, 0.3) is 0 Å². The molecule has 1 amide bonds. The first-order valence-electron chi connectivity index (χ1n) is 7.77. The van der Waals surface area contributed by atoms with Crippen LogP contribution in [-0.2, 0) is 10.2 Å². The van der Waals surface area contributed by atoms with Crippen LogP contribution in [0.1, 0.15) is 39.2 Å². The van der Waals surface area contributed by atoms with Gasteiger partial charge < -0.3 is 15.2 Å². The van der Waals surface area contributed by atoms with Crippen LogP contribution in [0, 0.1) is 0 Å². The van der Waals surface area contributed by atoms with Crippen LogP contribution in [0.5, 0.6) is 5.75 Å². The maximum Gasteiger partial charge on any atom is 0.412 e. The van der Waals surface area contributed by atoms with Crippen molar-refractivity contribution in [2.24, 2.45) is 5.73 Å². The Hall–Kier alpha value is -1.89. The molecule has 0 radical (unpaired) electrons. The lowest BCUT2D eigenvalue weighted by Crippen LogP contribution is -2.54. The highest BCUT2D eigenvalue weighted by Gasteiger charge is 2.57. The number of halogens is 2. The Labute approximate surface area is 140 Å². The second-order valence-electron chi connectivity index (χ2n) is 7.23. The second-order valence-corrected chi connectivity index (χ2v) is 7.23. The van der Waals surface area contributed by atoms with Gasteiger partial charge in [0.25, 0.3) is 0 Å². The third kappa shape index (κ3) is 3.95. The number of hydrogen-bond acceptors (Lipinski definition) is 4. The largest absolute Gasteiger partial charge is 0.497 e. The van der Waals surface area contributed by atoms with Crippen molar-refractivity contribution in [1.82, 2.24) is 0 Å².